The average molecular weight is 248 g/mol. The van der Waals surface area contributed by atoms with Crippen LogP contribution in [0.4, 0.5) is 0 Å². The number of pyridine rings is 1. The summed E-state index contributed by atoms with van der Waals surface area (Å²) in [6.45, 7) is 6.05. The van der Waals surface area contributed by atoms with Crippen LogP contribution < -0.4 is 10.1 Å². The number of rotatable bonds is 6. The maximum absolute atomic E-state index is 5.80. The first-order valence-corrected chi connectivity index (χ1v) is 7.11. The molecule has 1 fully saturated rings. The molecule has 1 atom stereocenters. The van der Waals surface area contributed by atoms with Crippen molar-refractivity contribution in [2.45, 2.75) is 45.6 Å². The molecule has 0 radical (unpaired) electrons. The zero-order chi connectivity index (χ0) is 12.8. The normalized spacial score (nSPS) is 17.9. The molecular formula is C15H24N2O. The molecule has 1 heterocycles. The van der Waals surface area contributed by atoms with Crippen molar-refractivity contribution in [3.05, 3.63) is 24.0 Å². The third-order valence-electron chi connectivity index (χ3n) is 3.67. The van der Waals surface area contributed by atoms with Crippen LogP contribution in [0.2, 0.25) is 0 Å². The first-order valence-electron chi connectivity index (χ1n) is 7.11. The van der Waals surface area contributed by atoms with E-state index >= 15 is 0 Å². The Balaban J connectivity index is 1.83. The van der Waals surface area contributed by atoms with Crippen LogP contribution in [0, 0.1) is 5.92 Å². The van der Waals surface area contributed by atoms with Gasteiger partial charge in [0.15, 0.2) is 0 Å². The number of aromatic nitrogens is 1. The minimum Gasteiger partial charge on any atom is -0.492 e. The van der Waals surface area contributed by atoms with Crippen molar-refractivity contribution >= 4 is 0 Å². The van der Waals surface area contributed by atoms with Gasteiger partial charge in [0.1, 0.15) is 5.75 Å². The summed E-state index contributed by atoms with van der Waals surface area (Å²) in [6.07, 6.45) is 7.22. The van der Waals surface area contributed by atoms with Crippen LogP contribution in [0.15, 0.2) is 18.3 Å². The fourth-order valence-electron chi connectivity index (χ4n) is 2.54. The van der Waals surface area contributed by atoms with Gasteiger partial charge in [0.05, 0.1) is 18.5 Å². The molecule has 0 aliphatic heterocycles. The number of nitrogens with one attached hydrogen (secondary N) is 1. The van der Waals surface area contributed by atoms with Crippen LogP contribution in [0.5, 0.6) is 5.75 Å². The highest BCUT2D eigenvalue weighted by atomic mass is 16.5. The average Bonchev–Trinajstić information content (AvgIpc) is 2.90. The molecule has 0 saturated heterocycles. The molecule has 3 nitrogen and oxygen atoms in total. The zero-order valence-corrected chi connectivity index (χ0v) is 11.5. The molecule has 1 aromatic rings. The zero-order valence-electron chi connectivity index (χ0n) is 11.5. The van der Waals surface area contributed by atoms with E-state index < -0.39 is 0 Å². The molecule has 1 aliphatic rings. The van der Waals surface area contributed by atoms with Gasteiger partial charge in [-0.15, -0.1) is 0 Å². The Morgan fingerprint density at radius 2 is 2.17 bits per heavy atom. The number of ether oxygens (including phenoxy) is 1. The highest BCUT2D eigenvalue weighted by Crippen LogP contribution is 2.25. The van der Waals surface area contributed by atoms with E-state index in [1.54, 1.807) is 0 Å². The van der Waals surface area contributed by atoms with Gasteiger partial charge in [0.2, 0.25) is 0 Å². The molecule has 18 heavy (non-hydrogen) atoms. The fourth-order valence-corrected chi connectivity index (χ4v) is 2.54. The Morgan fingerprint density at radius 1 is 1.39 bits per heavy atom. The van der Waals surface area contributed by atoms with Crippen molar-refractivity contribution < 1.29 is 4.74 Å². The third kappa shape index (κ3) is 3.70. The lowest BCUT2D eigenvalue weighted by Gasteiger charge is -2.14. The van der Waals surface area contributed by atoms with E-state index in [0.717, 1.165) is 30.5 Å². The monoisotopic (exact) mass is 248 g/mol. The summed E-state index contributed by atoms with van der Waals surface area (Å²) in [7, 11) is 0. The van der Waals surface area contributed by atoms with Crippen LogP contribution in [-0.2, 0) is 0 Å². The number of hydrogen-bond donors (Lipinski definition) is 1. The molecule has 0 spiro atoms. The van der Waals surface area contributed by atoms with E-state index in [4.69, 9.17) is 4.74 Å². The Morgan fingerprint density at radius 3 is 2.78 bits per heavy atom. The van der Waals surface area contributed by atoms with Crippen molar-refractivity contribution in [3.8, 4) is 5.75 Å². The van der Waals surface area contributed by atoms with Gasteiger partial charge >= 0.3 is 0 Å². The maximum atomic E-state index is 5.80. The summed E-state index contributed by atoms with van der Waals surface area (Å²) in [4.78, 5) is 4.45. The van der Waals surface area contributed by atoms with Crippen LogP contribution >= 0.6 is 0 Å². The van der Waals surface area contributed by atoms with Gasteiger partial charge in [-0.05, 0) is 44.4 Å². The van der Waals surface area contributed by atoms with Crippen LogP contribution in [0.25, 0.3) is 0 Å². The number of nitrogens with zero attached hydrogens (tertiary/aromatic N) is 1. The largest absolute Gasteiger partial charge is 0.492 e. The van der Waals surface area contributed by atoms with Crippen molar-refractivity contribution in [3.63, 3.8) is 0 Å². The fraction of sp³-hybridized carbons (Fsp3) is 0.667. The molecule has 1 aromatic heterocycles. The minimum absolute atomic E-state index is 0.305. The predicted molar refractivity (Wildman–Crippen MR) is 73.8 cm³/mol. The molecule has 0 amide bonds. The summed E-state index contributed by atoms with van der Waals surface area (Å²) in [5.74, 6) is 1.65. The second-order valence-corrected chi connectivity index (χ2v) is 5.16. The smallest absolute Gasteiger partial charge is 0.137 e. The Labute approximate surface area is 110 Å². The SMILES string of the molecule is CCNC(C)c1ccc(OCC2CCCC2)cn1. The highest BCUT2D eigenvalue weighted by molar-refractivity contribution is 5.21. The topological polar surface area (TPSA) is 34.1 Å². The van der Waals surface area contributed by atoms with E-state index in [9.17, 15) is 0 Å². The number of hydrogen-bond acceptors (Lipinski definition) is 3. The summed E-state index contributed by atoms with van der Waals surface area (Å²) in [5, 5.41) is 3.35. The lowest BCUT2D eigenvalue weighted by atomic mass is 10.1. The second kappa shape index (κ2) is 6.74. The Bertz CT molecular complexity index is 344. The summed E-state index contributed by atoms with van der Waals surface area (Å²) in [6, 6.07) is 4.39. The molecule has 1 N–H and O–H groups in total. The molecule has 1 saturated carbocycles. The van der Waals surface area contributed by atoms with Crippen molar-refractivity contribution in [2.75, 3.05) is 13.2 Å². The minimum atomic E-state index is 0.305. The Hall–Kier alpha value is -1.09. The first-order chi connectivity index (χ1) is 8.79. The van der Waals surface area contributed by atoms with Gasteiger partial charge in [0.25, 0.3) is 0 Å². The maximum Gasteiger partial charge on any atom is 0.137 e. The lowest BCUT2D eigenvalue weighted by molar-refractivity contribution is 0.251. The van der Waals surface area contributed by atoms with Crippen LogP contribution in [-0.4, -0.2) is 18.1 Å². The van der Waals surface area contributed by atoms with Crippen molar-refractivity contribution in [2.24, 2.45) is 5.92 Å². The highest BCUT2D eigenvalue weighted by Gasteiger charge is 2.15. The van der Waals surface area contributed by atoms with Crippen LogP contribution in [0.3, 0.4) is 0 Å². The van der Waals surface area contributed by atoms with Crippen LogP contribution in [0.1, 0.15) is 51.3 Å². The van der Waals surface area contributed by atoms with Gasteiger partial charge in [0, 0.05) is 6.04 Å². The standard InChI is InChI=1S/C15H24N2O/c1-3-16-12(2)15-9-8-14(10-17-15)18-11-13-6-4-5-7-13/h8-10,12-13,16H,3-7,11H2,1-2H3. The predicted octanol–water partition coefficient (Wildman–Crippen LogP) is 3.32. The molecular weight excluding hydrogens is 224 g/mol. The van der Waals surface area contributed by atoms with Gasteiger partial charge in [-0.2, -0.15) is 0 Å². The molecule has 1 unspecified atom stereocenters. The molecule has 0 aromatic carbocycles. The lowest BCUT2D eigenvalue weighted by Crippen LogP contribution is -2.18. The molecule has 2 rings (SSSR count). The first kappa shape index (κ1) is 13.3. The van der Waals surface area contributed by atoms with Gasteiger partial charge < -0.3 is 10.1 Å². The van der Waals surface area contributed by atoms with Gasteiger partial charge in [-0.3, -0.25) is 4.98 Å². The van der Waals surface area contributed by atoms with E-state index in [-0.39, 0.29) is 0 Å². The molecule has 100 valence electrons. The van der Waals surface area contributed by atoms with Gasteiger partial charge in [-0.1, -0.05) is 19.8 Å². The van der Waals surface area contributed by atoms with Crippen molar-refractivity contribution in [1.82, 2.24) is 10.3 Å². The molecule has 1 aliphatic carbocycles. The molecule has 0 bridgehead atoms. The molecule has 3 heteroatoms. The van der Waals surface area contributed by atoms with E-state index in [0.29, 0.717) is 6.04 Å². The third-order valence-corrected chi connectivity index (χ3v) is 3.67. The summed E-state index contributed by atoms with van der Waals surface area (Å²) in [5.41, 5.74) is 1.07. The van der Waals surface area contributed by atoms with E-state index in [2.05, 4.69) is 30.2 Å². The Kier molecular flexibility index (Phi) is 5.00. The second-order valence-electron chi connectivity index (χ2n) is 5.16. The van der Waals surface area contributed by atoms with E-state index in [1.165, 1.54) is 25.7 Å². The van der Waals surface area contributed by atoms with E-state index in [1.807, 2.05) is 12.3 Å². The summed E-state index contributed by atoms with van der Waals surface area (Å²) < 4.78 is 5.80. The van der Waals surface area contributed by atoms with Crippen molar-refractivity contribution in [1.29, 1.82) is 0 Å². The quantitative estimate of drug-likeness (QED) is 0.838. The van der Waals surface area contributed by atoms with Gasteiger partial charge in [-0.25, -0.2) is 0 Å². The summed E-state index contributed by atoms with van der Waals surface area (Å²) >= 11 is 0.